The average Bonchev–Trinajstić information content (AvgIpc) is 3.48. The minimum absolute atomic E-state index is 0. The van der Waals surface area contributed by atoms with Crippen molar-refractivity contribution in [2.45, 2.75) is 44.6 Å². The van der Waals surface area contributed by atoms with Crippen molar-refractivity contribution in [3.8, 4) is 0 Å². The van der Waals surface area contributed by atoms with Gasteiger partial charge in [0.25, 0.3) is 0 Å². The molecule has 29 heavy (non-hydrogen) atoms. The fourth-order valence-corrected chi connectivity index (χ4v) is 4.25. The molecule has 0 bridgehead atoms. The first-order valence-electron chi connectivity index (χ1n) is 10.3. The van der Waals surface area contributed by atoms with E-state index in [2.05, 4.69) is 25.8 Å². The summed E-state index contributed by atoms with van der Waals surface area (Å²) >= 11 is 0. The number of carbonyl (C=O) groups excluding carboxylic acids is 1. The topological polar surface area (TPSA) is 86.9 Å². The van der Waals surface area contributed by atoms with Gasteiger partial charge < -0.3 is 15.5 Å². The molecule has 1 atom stereocenters. The number of hydrogen-bond acceptors (Lipinski definition) is 4. The van der Waals surface area contributed by atoms with E-state index in [0.29, 0.717) is 12.5 Å². The number of likely N-dealkylation sites (tertiary alicyclic amines) is 1. The van der Waals surface area contributed by atoms with Gasteiger partial charge in [0.1, 0.15) is 5.82 Å². The highest BCUT2D eigenvalue weighted by molar-refractivity contribution is 14.0. The molecule has 2 N–H and O–H groups in total. The van der Waals surface area contributed by atoms with Crippen LogP contribution < -0.4 is 10.6 Å². The standard InChI is InChI=1S/C20H29N7O.HI/c1-21-20(22-11-9-18-25-24-17-8-4-5-12-27(17)18)23-16-10-13-26(14-16)19(28)15-6-2-3-7-15;/h4-5,8,12,15-16H,2-3,6-7,9-11,13-14H2,1H3,(H2,21,22,23);1H. The normalized spacial score (nSPS) is 20.1. The SMILES string of the molecule is CN=C(NCCc1nnc2ccccn12)NC1CCN(C(=O)C2CCCC2)C1.I. The zero-order valence-corrected chi connectivity index (χ0v) is 19.2. The van der Waals surface area contributed by atoms with Crippen LogP contribution in [0.25, 0.3) is 5.65 Å². The molecule has 1 unspecified atom stereocenters. The highest BCUT2D eigenvalue weighted by Crippen LogP contribution is 2.27. The van der Waals surface area contributed by atoms with Crippen LogP contribution in [0.3, 0.4) is 0 Å². The molecule has 158 valence electrons. The molecule has 2 fully saturated rings. The molecule has 0 spiro atoms. The van der Waals surface area contributed by atoms with Crippen molar-refractivity contribution in [1.29, 1.82) is 0 Å². The fourth-order valence-electron chi connectivity index (χ4n) is 4.25. The van der Waals surface area contributed by atoms with E-state index in [1.807, 2.05) is 33.7 Å². The Labute approximate surface area is 188 Å². The van der Waals surface area contributed by atoms with E-state index in [-0.39, 0.29) is 35.9 Å². The number of halogens is 1. The smallest absolute Gasteiger partial charge is 0.225 e. The Morgan fingerprint density at radius 2 is 2.07 bits per heavy atom. The second-order valence-electron chi connectivity index (χ2n) is 7.69. The maximum atomic E-state index is 12.6. The Morgan fingerprint density at radius 3 is 2.86 bits per heavy atom. The monoisotopic (exact) mass is 511 g/mol. The maximum absolute atomic E-state index is 12.6. The maximum Gasteiger partial charge on any atom is 0.225 e. The van der Waals surface area contributed by atoms with Crippen LogP contribution in [-0.4, -0.2) is 64.1 Å². The number of amides is 1. The number of fused-ring (bicyclic) bond motifs is 1. The molecule has 2 aromatic heterocycles. The van der Waals surface area contributed by atoms with Crippen molar-refractivity contribution < 1.29 is 4.79 Å². The van der Waals surface area contributed by atoms with Crippen LogP contribution >= 0.6 is 24.0 Å². The molecular weight excluding hydrogens is 481 g/mol. The second kappa shape index (κ2) is 10.2. The Hall–Kier alpha value is -1.91. The van der Waals surface area contributed by atoms with E-state index in [0.717, 1.165) is 56.2 Å². The molecule has 1 aliphatic carbocycles. The van der Waals surface area contributed by atoms with Gasteiger partial charge in [0, 0.05) is 51.3 Å². The Bertz CT molecular complexity index is 846. The summed E-state index contributed by atoms with van der Waals surface area (Å²) in [5, 5.41) is 15.2. The van der Waals surface area contributed by atoms with E-state index < -0.39 is 0 Å². The fraction of sp³-hybridized carbons (Fsp3) is 0.600. The summed E-state index contributed by atoms with van der Waals surface area (Å²) in [6.45, 7) is 2.33. The molecule has 1 saturated heterocycles. The molecule has 1 aliphatic heterocycles. The molecular formula is C20H30IN7O. The Kier molecular flexibility index (Phi) is 7.68. The van der Waals surface area contributed by atoms with E-state index in [4.69, 9.17) is 0 Å². The first-order chi connectivity index (χ1) is 13.7. The number of carbonyl (C=O) groups is 1. The van der Waals surface area contributed by atoms with Gasteiger partial charge in [-0.05, 0) is 31.4 Å². The van der Waals surface area contributed by atoms with Crippen LogP contribution in [0.4, 0.5) is 0 Å². The zero-order valence-electron chi connectivity index (χ0n) is 16.9. The molecule has 9 heteroatoms. The van der Waals surface area contributed by atoms with Crippen LogP contribution in [0.15, 0.2) is 29.4 Å². The van der Waals surface area contributed by atoms with E-state index >= 15 is 0 Å². The number of rotatable bonds is 5. The molecule has 4 rings (SSSR count). The van der Waals surface area contributed by atoms with E-state index in [9.17, 15) is 4.79 Å². The van der Waals surface area contributed by atoms with Crippen LogP contribution in [0.2, 0.25) is 0 Å². The summed E-state index contributed by atoms with van der Waals surface area (Å²) in [6.07, 6.45) is 8.22. The Morgan fingerprint density at radius 1 is 1.24 bits per heavy atom. The first kappa shape index (κ1) is 21.8. The molecule has 0 radical (unpaired) electrons. The number of nitrogens with one attached hydrogen (secondary N) is 2. The third-order valence-corrected chi connectivity index (χ3v) is 5.79. The molecule has 8 nitrogen and oxygen atoms in total. The van der Waals surface area contributed by atoms with Gasteiger partial charge in [0.05, 0.1) is 0 Å². The van der Waals surface area contributed by atoms with Gasteiger partial charge in [0.2, 0.25) is 5.91 Å². The summed E-state index contributed by atoms with van der Waals surface area (Å²) in [5.41, 5.74) is 0.859. The van der Waals surface area contributed by atoms with Crippen molar-refractivity contribution in [3.63, 3.8) is 0 Å². The van der Waals surface area contributed by atoms with E-state index in [1.54, 1.807) is 7.05 Å². The summed E-state index contributed by atoms with van der Waals surface area (Å²) in [6, 6.07) is 6.14. The molecule has 1 amide bonds. The van der Waals surface area contributed by atoms with E-state index in [1.165, 1.54) is 12.8 Å². The average molecular weight is 511 g/mol. The van der Waals surface area contributed by atoms with Crippen LogP contribution in [0.5, 0.6) is 0 Å². The van der Waals surface area contributed by atoms with Crippen molar-refractivity contribution in [2.75, 3.05) is 26.7 Å². The number of nitrogens with zero attached hydrogens (tertiary/aromatic N) is 5. The third-order valence-electron chi connectivity index (χ3n) is 5.79. The molecule has 1 saturated carbocycles. The molecule has 3 heterocycles. The molecule has 2 aliphatic rings. The second-order valence-corrected chi connectivity index (χ2v) is 7.69. The van der Waals surface area contributed by atoms with Crippen LogP contribution in [-0.2, 0) is 11.2 Å². The van der Waals surface area contributed by atoms with Crippen LogP contribution in [0.1, 0.15) is 37.9 Å². The summed E-state index contributed by atoms with van der Waals surface area (Å²) < 4.78 is 2.00. The largest absolute Gasteiger partial charge is 0.356 e. The lowest BCUT2D eigenvalue weighted by molar-refractivity contribution is -0.134. The van der Waals surface area contributed by atoms with Gasteiger partial charge in [-0.15, -0.1) is 34.2 Å². The predicted molar refractivity (Wildman–Crippen MR) is 124 cm³/mol. The summed E-state index contributed by atoms with van der Waals surface area (Å²) in [4.78, 5) is 19.0. The number of hydrogen-bond donors (Lipinski definition) is 2. The highest BCUT2D eigenvalue weighted by Gasteiger charge is 2.32. The minimum Gasteiger partial charge on any atom is -0.356 e. The third kappa shape index (κ3) is 5.18. The summed E-state index contributed by atoms with van der Waals surface area (Å²) in [7, 11) is 1.78. The number of aromatic nitrogens is 3. The predicted octanol–water partition coefficient (Wildman–Crippen LogP) is 1.85. The quantitative estimate of drug-likeness (QED) is 0.364. The lowest BCUT2D eigenvalue weighted by Crippen LogP contribution is -2.46. The first-order valence-corrected chi connectivity index (χ1v) is 10.3. The van der Waals surface area contributed by atoms with Crippen molar-refractivity contribution in [2.24, 2.45) is 10.9 Å². The van der Waals surface area contributed by atoms with Gasteiger partial charge in [-0.2, -0.15) is 0 Å². The van der Waals surface area contributed by atoms with Gasteiger partial charge >= 0.3 is 0 Å². The minimum atomic E-state index is 0. The zero-order chi connectivity index (χ0) is 19.3. The van der Waals surface area contributed by atoms with Gasteiger partial charge in [0.15, 0.2) is 11.6 Å². The molecule has 2 aromatic rings. The molecule has 0 aromatic carbocycles. The number of pyridine rings is 1. The Balaban J connectivity index is 0.00000240. The van der Waals surface area contributed by atoms with Gasteiger partial charge in [-0.1, -0.05) is 18.9 Å². The van der Waals surface area contributed by atoms with Gasteiger partial charge in [-0.3, -0.25) is 14.2 Å². The number of guanidine groups is 1. The van der Waals surface area contributed by atoms with Gasteiger partial charge in [-0.25, -0.2) is 0 Å². The van der Waals surface area contributed by atoms with Crippen molar-refractivity contribution >= 4 is 41.5 Å². The summed E-state index contributed by atoms with van der Waals surface area (Å²) in [5.74, 6) is 2.30. The lowest BCUT2D eigenvalue weighted by atomic mass is 10.1. The van der Waals surface area contributed by atoms with Crippen molar-refractivity contribution in [1.82, 2.24) is 30.1 Å². The van der Waals surface area contributed by atoms with Crippen LogP contribution in [0, 0.1) is 5.92 Å². The van der Waals surface area contributed by atoms with Crippen molar-refractivity contribution in [3.05, 3.63) is 30.2 Å². The lowest BCUT2D eigenvalue weighted by Gasteiger charge is -2.21. The highest BCUT2D eigenvalue weighted by atomic mass is 127. The number of aliphatic imine (C=N–C) groups is 1.